The quantitative estimate of drug-likeness (QED) is 0.416. The van der Waals surface area contributed by atoms with E-state index in [1.54, 1.807) is 12.3 Å². The van der Waals surface area contributed by atoms with Crippen LogP contribution in [0.2, 0.25) is 0 Å². The second-order valence-electron chi connectivity index (χ2n) is 10.8. The molecule has 4 fully saturated rings. The maximum Gasteiger partial charge on any atom is 0.313 e. The molecule has 11 heteroatoms. The fraction of sp³-hybridized carbons (Fsp3) is 0.680. The Kier molecular flexibility index (Phi) is 5.69. The number of hydrogen-bond acceptors (Lipinski definition) is 11. The zero-order valence-corrected chi connectivity index (χ0v) is 19.7. The highest BCUT2D eigenvalue weighted by molar-refractivity contribution is 5.81. The van der Waals surface area contributed by atoms with Crippen LogP contribution in [0.25, 0.3) is 0 Å². The average Bonchev–Trinajstić information content (AvgIpc) is 3.49. The summed E-state index contributed by atoms with van der Waals surface area (Å²) in [5.41, 5.74) is 0.938. The highest BCUT2D eigenvalue weighted by Gasteiger charge is 2.61. The number of cyclic esters (lactones) is 1. The van der Waals surface area contributed by atoms with Gasteiger partial charge in [-0.3, -0.25) is 9.59 Å². The van der Waals surface area contributed by atoms with Gasteiger partial charge in [0.1, 0.15) is 42.4 Å². The SMILES string of the molecule is CC12CC(c3ccoc3)OC(=O)C1CC(OC1OC(CO)C(O)C(O)C1O)=C1C3CC(CC12)OC3=O. The number of rotatable bonds is 4. The molecule has 4 N–H and O–H groups in total. The van der Waals surface area contributed by atoms with Crippen molar-refractivity contribution in [2.24, 2.45) is 23.2 Å². The minimum absolute atomic E-state index is 0.114. The Hall–Kier alpha value is -2.44. The van der Waals surface area contributed by atoms with E-state index >= 15 is 0 Å². The number of ether oxygens (including phenoxy) is 4. The third-order valence-electron chi connectivity index (χ3n) is 8.81. The number of allylic oxidation sites excluding steroid dienone is 1. The Morgan fingerprint density at radius 2 is 1.86 bits per heavy atom. The standard InChI is InChI=1S/C25H30O11/c1-25-7-16(10-2-3-32-9-10)34-23(31)14(25)6-15(18-12-4-11(5-13(18)25)33-22(12)30)35-24-21(29)20(28)19(27)17(8-26)36-24/h2-3,9,11-14,16-17,19-21,24,26-29H,4-8H2,1H3. The van der Waals surface area contributed by atoms with Gasteiger partial charge in [-0.1, -0.05) is 6.92 Å². The molecule has 11 unspecified atom stereocenters. The summed E-state index contributed by atoms with van der Waals surface area (Å²) in [5, 5.41) is 40.4. The normalized spacial score (nSPS) is 46.0. The maximum atomic E-state index is 13.3. The molecule has 3 saturated heterocycles. The van der Waals surface area contributed by atoms with Gasteiger partial charge in [0.25, 0.3) is 0 Å². The number of carbonyl (C=O) groups is 2. The van der Waals surface area contributed by atoms with Crippen molar-refractivity contribution in [3.63, 3.8) is 0 Å². The van der Waals surface area contributed by atoms with Crippen molar-refractivity contribution in [2.75, 3.05) is 6.61 Å². The number of aliphatic hydroxyl groups excluding tert-OH is 4. The first-order chi connectivity index (χ1) is 17.2. The summed E-state index contributed by atoms with van der Waals surface area (Å²) in [6, 6.07) is 1.77. The zero-order chi connectivity index (χ0) is 25.4. The van der Waals surface area contributed by atoms with E-state index in [2.05, 4.69) is 0 Å². The van der Waals surface area contributed by atoms with Gasteiger partial charge in [0.05, 0.1) is 31.0 Å². The molecule has 2 aliphatic carbocycles. The number of furan rings is 1. The van der Waals surface area contributed by atoms with Crippen LogP contribution in [0.15, 0.2) is 34.3 Å². The minimum Gasteiger partial charge on any atom is -0.472 e. The fourth-order valence-corrected chi connectivity index (χ4v) is 6.84. The average molecular weight is 507 g/mol. The monoisotopic (exact) mass is 506 g/mol. The van der Waals surface area contributed by atoms with Crippen LogP contribution >= 0.6 is 0 Å². The van der Waals surface area contributed by atoms with E-state index in [0.29, 0.717) is 25.0 Å². The van der Waals surface area contributed by atoms with Gasteiger partial charge in [0.15, 0.2) is 0 Å². The highest BCUT2D eigenvalue weighted by Crippen LogP contribution is 2.62. The van der Waals surface area contributed by atoms with Crippen molar-refractivity contribution in [3.05, 3.63) is 35.5 Å². The van der Waals surface area contributed by atoms with E-state index in [9.17, 15) is 30.0 Å². The molecule has 3 aliphatic heterocycles. The number of hydrogen-bond donors (Lipinski definition) is 4. The van der Waals surface area contributed by atoms with Crippen molar-refractivity contribution < 1.29 is 53.4 Å². The molecule has 6 rings (SSSR count). The van der Waals surface area contributed by atoms with Crippen LogP contribution in [0.1, 0.15) is 44.3 Å². The summed E-state index contributed by atoms with van der Waals surface area (Å²) in [6.07, 6.45) is -3.30. The molecule has 1 saturated carbocycles. The lowest BCUT2D eigenvalue weighted by molar-refractivity contribution is -0.293. The Balaban J connectivity index is 1.38. The van der Waals surface area contributed by atoms with E-state index < -0.39 is 66.6 Å². The molecule has 1 aromatic heterocycles. The van der Waals surface area contributed by atoms with Crippen LogP contribution in [0.4, 0.5) is 0 Å². The highest BCUT2D eigenvalue weighted by atomic mass is 16.7. The molecule has 5 aliphatic rings. The lowest BCUT2D eigenvalue weighted by Crippen LogP contribution is -2.59. The van der Waals surface area contributed by atoms with Crippen LogP contribution in [0.5, 0.6) is 0 Å². The number of fused-ring (bicyclic) bond motifs is 6. The Morgan fingerprint density at radius 3 is 2.58 bits per heavy atom. The molecule has 0 spiro atoms. The number of aliphatic hydroxyl groups is 4. The Bertz CT molecular complexity index is 1060. The molecule has 2 bridgehead atoms. The molecule has 0 aromatic carbocycles. The zero-order valence-electron chi connectivity index (χ0n) is 19.7. The molecule has 1 aromatic rings. The molecule has 196 valence electrons. The first-order valence-electron chi connectivity index (χ1n) is 12.3. The van der Waals surface area contributed by atoms with Gasteiger partial charge < -0.3 is 43.8 Å². The Labute approximate surface area is 206 Å². The molecule has 36 heavy (non-hydrogen) atoms. The summed E-state index contributed by atoms with van der Waals surface area (Å²) in [6.45, 7) is 1.44. The van der Waals surface area contributed by atoms with Crippen molar-refractivity contribution in [1.82, 2.24) is 0 Å². The maximum absolute atomic E-state index is 13.3. The van der Waals surface area contributed by atoms with Crippen LogP contribution in [-0.2, 0) is 28.5 Å². The summed E-state index contributed by atoms with van der Waals surface area (Å²) in [4.78, 5) is 26.1. The van der Waals surface area contributed by atoms with Gasteiger partial charge in [0.2, 0.25) is 6.29 Å². The smallest absolute Gasteiger partial charge is 0.313 e. The van der Waals surface area contributed by atoms with E-state index in [0.717, 1.165) is 11.1 Å². The van der Waals surface area contributed by atoms with Crippen molar-refractivity contribution in [1.29, 1.82) is 0 Å². The molecular weight excluding hydrogens is 476 g/mol. The van der Waals surface area contributed by atoms with Crippen LogP contribution in [0, 0.1) is 23.2 Å². The minimum atomic E-state index is -1.61. The van der Waals surface area contributed by atoms with E-state index in [4.69, 9.17) is 23.4 Å². The molecule has 11 nitrogen and oxygen atoms in total. The van der Waals surface area contributed by atoms with Crippen LogP contribution in [-0.4, -0.2) is 75.8 Å². The summed E-state index contributed by atoms with van der Waals surface area (Å²) in [7, 11) is 0. The summed E-state index contributed by atoms with van der Waals surface area (Å²) in [5.74, 6) is -1.77. The third kappa shape index (κ3) is 3.52. The fourth-order valence-electron chi connectivity index (χ4n) is 6.84. The van der Waals surface area contributed by atoms with Gasteiger partial charge in [-0.25, -0.2) is 0 Å². The number of esters is 2. The van der Waals surface area contributed by atoms with E-state index in [1.807, 2.05) is 6.92 Å². The predicted octanol–water partition coefficient (Wildman–Crippen LogP) is 0.316. The van der Waals surface area contributed by atoms with Crippen molar-refractivity contribution in [3.8, 4) is 0 Å². The molecule has 11 atom stereocenters. The Morgan fingerprint density at radius 1 is 1.06 bits per heavy atom. The molecule has 4 heterocycles. The van der Waals surface area contributed by atoms with E-state index in [1.165, 1.54) is 6.26 Å². The van der Waals surface area contributed by atoms with Gasteiger partial charge in [-0.05, 0) is 35.8 Å². The van der Waals surface area contributed by atoms with Gasteiger partial charge in [0, 0.05) is 18.4 Å². The van der Waals surface area contributed by atoms with Gasteiger partial charge in [-0.15, -0.1) is 0 Å². The number of carbonyl (C=O) groups excluding carboxylic acids is 2. The largest absolute Gasteiger partial charge is 0.472 e. The van der Waals surface area contributed by atoms with Crippen LogP contribution < -0.4 is 0 Å². The van der Waals surface area contributed by atoms with Crippen molar-refractivity contribution >= 4 is 11.9 Å². The summed E-state index contributed by atoms with van der Waals surface area (Å²) < 4.78 is 28.3. The summed E-state index contributed by atoms with van der Waals surface area (Å²) >= 11 is 0. The molecule has 0 radical (unpaired) electrons. The first kappa shape index (κ1) is 23.9. The third-order valence-corrected chi connectivity index (χ3v) is 8.81. The van der Waals surface area contributed by atoms with Crippen molar-refractivity contribution in [2.45, 2.75) is 75.5 Å². The van der Waals surface area contributed by atoms with Gasteiger partial charge in [-0.2, -0.15) is 0 Å². The lowest BCUT2D eigenvalue weighted by Gasteiger charge is -2.54. The second-order valence-corrected chi connectivity index (χ2v) is 10.8. The molecular formula is C25H30O11. The van der Waals surface area contributed by atoms with Gasteiger partial charge >= 0.3 is 11.9 Å². The van der Waals surface area contributed by atoms with Crippen LogP contribution in [0.3, 0.4) is 0 Å². The second kappa shape index (κ2) is 8.56. The first-order valence-corrected chi connectivity index (χ1v) is 12.3. The lowest BCUT2D eigenvalue weighted by atomic mass is 9.52. The predicted molar refractivity (Wildman–Crippen MR) is 116 cm³/mol. The topological polar surface area (TPSA) is 165 Å². The molecule has 0 amide bonds. The van der Waals surface area contributed by atoms with E-state index in [-0.39, 0.29) is 24.4 Å².